The van der Waals surface area contributed by atoms with Gasteiger partial charge in [0.15, 0.2) is 0 Å². The molecule has 0 radical (unpaired) electrons. The molecule has 126 valence electrons. The van der Waals surface area contributed by atoms with Crippen molar-refractivity contribution in [1.82, 2.24) is 5.43 Å². The maximum Gasteiger partial charge on any atom is 0.0592 e. The summed E-state index contributed by atoms with van der Waals surface area (Å²) in [6, 6.07) is 0. The van der Waals surface area contributed by atoms with Crippen LogP contribution in [0.15, 0.2) is 51.8 Å². The summed E-state index contributed by atoms with van der Waals surface area (Å²) in [4.78, 5) is 0. The van der Waals surface area contributed by atoms with Crippen molar-refractivity contribution in [2.75, 3.05) is 0 Å². The number of hydrazone groups is 1. The van der Waals surface area contributed by atoms with Crippen LogP contribution < -0.4 is 5.43 Å². The minimum Gasteiger partial charge on any atom is -0.279 e. The average Bonchev–Trinajstić information content (AvgIpc) is 2.55. The first-order chi connectivity index (χ1) is 11.1. The fraction of sp³-hybridized carbons (Fsp3) is 0.571. The van der Waals surface area contributed by atoms with Gasteiger partial charge < -0.3 is 0 Å². The minimum absolute atomic E-state index is 0.524. The van der Waals surface area contributed by atoms with Crippen LogP contribution in [-0.4, -0.2) is 6.21 Å². The van der Waals surface area contributed by atoms with Crippen molar-refractivity contribution in [3.63, 3.8) is 0 Å². The van der Waals surface area contributed by atoms with Gasteiger partial charge in [0.1, 0.15) is 0 Å². The quantitative estimate of drug-likeness (QED) is 0.642. The highest BCUT2D eigenvalue weighted by molar-refractivity contribution is 5.68. The normalized spacial score (nSPS) is 26.7. The monoisotopic (exact) mass is 312 g/mol. The van der Waals surface area contributed by atoms with Crippen molar-refractivity contribution >= 4 is 6.21 Å². The standard InChI is InChI=1S/C21H32N2/c1-6-18(7-2)13-16(4)17(5)21-20-12-11-15(3)9-8-10-19(20)14-22-23-21/h6,13-15,19,23H,1,7-12H2,2-5H3/b17-16+,18-13+. The number of allylic oxidation sites excluding steroid dienone is 6. The number of fused-ring (bicyclic) bond motifs is 1. The Morgan fingerprint density at radius 3 is 2.83 bits per heavy atom. The van der Waals surface area contributed by atoms with E-state index in [0.29, 0.717) is 5.92 Å². The van der Waals surface area contributed by atoms with E-state index in [0.717, 1.165) is 12.3 Å². The molecule has 2 atom stereocenters. The molecule has 1 aliphatic carbocycles. The molecule has 1 aliphatic heterocycles. The average molecular weight is 313 g/mol. The Bertz CT molecular complexity index is 560. The fourth-order valence-corrected chi connectivity index (χ4v) is 3.54. The summed E-state index contributed by atoms with van der Waals surface area (Å²) in [7, 11) is 0. The second kappa shape index (κ2) is 8.33. The Morgan fingerprint density at radius 1 is 1.35 bits per heavy atom. The van der Waals surface area contributed by atoms with Crippen LogP contribution >= 0.6 is 0 Å². The molecule has 23 heavy (non-hydrogen) atoms. The van der Waals surface area contributed by atoms with Crippen LogP contribution in [0.4, 0.5) is 0 Å². The van der Waals surface area contributed by atoms with Crippen molar-refractivity contribution in [3.8, 4) is 0 Å². The second-order valence-corrected chi connectivity index (χ2v) is 7.06. The molecular formula is C21H32N2. The first-order valence-corrected chi connectivity index (χ1v) is 9.09. The Kier molecular flexibility index (Phi) is 6.44. The molecule has 2 rings (SSSR count). The smallest absolute Gasteiger partial charge is 0.0592 e. The van der Waals surface area contributed by atoms with Crippen LogP contribution in [0, 0.1) is 11.8 Å². The van der Waals surface area contributed by atoms with Gasteiger partial charge in [-0.15, -0.1) is 0 Å². The topological polar surface area (TPSA) is 24.4 Å². The summed E-state index contributed by atoms with van der Waals surface area (Å²) in [5.41, 5.74) is 10.1. The number of rotatable bonds is 4. The van der Waals surface area contributed by atoms with Gasteiger partial charge in [-0.25, -0.2) is 0 Å². The van der Waals surface area contributed by atoms with Crippen LogP contribution in [0.25, 0.3) is 0 Å². The third kappa shape index (κ3) is 4.46. The molecule has 0 amide bonds. The third-order valence-electron chi connectivity index (χ3n) is 5.36. The Hall–Kier alpha value is -1.57. The Morgan fingerprint density at radius 2 is 2.13 bits per heavy atom. The maximum absolute atomic E-state index is 4.45. The molecule has 0 spiro atoms. The van der Waals surface area contributed by atoms with Crippen LogP contribution in [0.3, 0.4) is 0 Å². The van der Waals surface area contributed by atoms with Crippen LogP contribution in [-0.2, 0) is 0 Å². The molecule has 1 fully saturated rings. The van der Waals surface area contributed by atoms with Gasteiger partial charge in [-0.05, 0) is 67.7 Å². The molecule has 0 saturated heterocycles. The van der Waals surface area contributed by atoms with E-state index in [4.69, 9.17) is 0 Å². The number of nitrogens with zero attached hydrogens (tertiary/aromatic N) is 1. The SMILES string of the molecule is C=C/C(=C\C(C)=C(/C)C1=C2CCC(C)CCCC2C=NN1)CC. The predicted octanol–water partition coefficient (Wildman–Crippen LogP) is 5.90. The first-order valence-electron chi connectivity index (χ1n) is 9.09. The minimum atomic E-state index is 0.524. The lowest BCUT2D eigenvalue weighted by atomic mass is 9.81. The Labute approximate surface area is 142 Å². The zero-order valence-electron chi connectivity index (χ0n) is 15.3. The summed E-state index contributed by atoms with van der Waals surface area (Å²) in [5.74, 6) is 1.36. The zero-order chi connectivity index (χ0) is 16.8. The van der Waals surface area contributed by atoms with Crippen molar-refractivity contribution in [3.05, 3.63) is 46.7 Å². The number of hydrogen-bond donors (Lipinski definition) is 1. The molecule has 1 N–H and O–H groups in total. The molecule has 2 aliphatic rings. The van der Waals surface area contributed by atoms with Gasteiger partial charge in [0.25, 0.3) is 0 Å². The lowest BCUT2D eigenvalue weighted by Crippen LogP contribution is -2.24. The highest BCUT2D eigenvalue weighted by atomic mass is 15.3. The third-order valence-corrected chi connectivity index (χ3v) is 5.36. The number of nitrogens with one attached hydrogen (secondary N) is 1. The van der Waals surface area contributed by atoms with E-state index in [2.05, 4.69) is 57.1 Å². The zero-order valence-corrected chi connectivity index (χ0v) is 15.3. The van der Waals surface area contributed by atoms with E-state index in [1.807, 2.05) is 6.08 Å². The summed E-state index contributed by atoms with van der Waals surface area (Å²) in [6.07, 6.45) is 13.8. The molecular weight excluding hydrogens is 280 g/mol. The predicted molar refractivity (Wildman–Crippen MR) is 101 cm³/mol. The van der Waals surface area contributed by atoms with Crippen molar-refractivity contribution < 1.29 is 0 Å². The lowest BCUT2D eigenvalue weighted by molar-refractivity contribution is 0.418. The second-order valence-electron chi connectivity index (χ2n) is 7.06. The molecule has 0 aromatic heterocycles. The summed E-state index contributed by atoms with van der Waals surface area (Å²) in [6.45, 7) is 12.9. The first kappa shape index (κ1) is 17.8. The van der Waals surface area contributed by atoms with E-state index in [9.17, 15) is 0 Å². The van der Waals surface area contributed by atoms with Crippen molar-refractivity contribution in [2.45, 2.75) is 66.2 Å². The van der Waals surface area contributed by atoms with E-state index < -0.39 is 0 Å². The fourth-order valence-electron chi connectivity index (χ4n) is 3.54. The summed E-state index contributed by atoms with van der Waals surface area (Å²) in [5, 5.41) is 4.45. The molecule has 2 heteroatoms. The van der Waals surface area contributed by atoms with E-state index in [1.165, 1.54) is 54.5 Å². The van der Waals surface area contributed by atoms with Crippen LogP contribution in [0.1, 0.15) is 66.2 Å². The highest BCUT2D eigenvalue weighted by Gasteiger charge is 2.24. The van der Waals surface area contributed by atoms with Gasteiger partial charge in [0.05, 0.1) is 5.70 Å². The van der Waals surface area contributed by atoms with Gasteiger partial charge in [-0.2, -0.15) is 5.10 Å². The maximum atomic E-state index is 4.45. The molecule has 0 aromatic rings. The van der Waals surface area contributed by atoms with Crippen LogP contribution in [0.5, 0.6) is 0 Å². The van der Waals surface area contributed by atoms with Gasteiger partial charge in [0.2, 0.25) is 0 Å². The molecule has 1 saturated carbocycles. The lowest BCUT2D eigenvalue weighted by Gasteiger charge is -2.29. The van der Waals surface area contributed by atoms with Gasteiger partial charge >= 0.3 is 0 Å². The largest absolute Gasteiger partial charge is 0.279 e. The van der Waals surface area contributed by atoms with Crippen molar-refractivity contribution in [2.24, 2.45) is 16.9 Å². The molecule has 2 unspecified atom stereocenters. The van der Waals surface area contributed by atoms with E-state index in [1.54, 1.807) is 5.57 Å². The molecule has 1 heterocycles. The molecule has 0 aromatic carbocycles. The van der Waals surface area contributed by atoms with Gasteiger partial charge in [0, 0.05) is 12.1 Å². The Balaban J connectivity index is 2.37. The van der Waals surface area contributed by atoms with Crippen LogP contribution in [0.2, 0.25) is 0 Å². The molecule has 0 bridgehead atoms. The summed E-state index contributed by atoms with van der Waals surface area (Å²) >= 11 is 0. The van der Waals surface area contributed by atoms with Gasteiger partial charge in [-0.3, -0.25) is 5.43 Å². The van der Waals surface area contributed by atoms with E-state index in [-0.39, 0.29) is 0 Å². The number of hydrogen-bond acceptors (Lipinski definition) is 2. The van der Waals surface area contributed by atoms with E-state index >= 15 is 0 Å². The highest BCUT2D eigenvalue weighted by Crippen LogP contribution is 2.34. The summed E-state index contributed by atoms with van der Waals surface area (Å²) < 4.78 is 0. The van der Waals surface area contributed by atoms with Crippen molar-refractivity contribution in [1.29, 1.82) is 0 Å². The van der Waals surface area contributed by atoms with Gasteiger partial charge in [-0.1, -0.05) is 45.4 Å². The molecule has 2 nitrogen and oxygen atoms in total.